The Balaban J connectivity index is 3.39. The molecule has 13 heavy (non-hydrogen) atoms. The summed E-state index contributed by atoms with van der Waals surface area (Å²) in [5, 5.41) is 0. The number of alkyl halides is 1. The third-order valence-corrected chi connectivity index (χ3v) is 2.78. The summed E-state index contributed by atoms with van der Waals surface area (Å²) >= 11 is 5.83. The molecule has 72 valence electrons. The Bertz CT molecular complexity index is 318. The first-order valence-corrected chi connectivity index (χ1v) is 4.85. The number of rotatable bonds is 2. The van der Waals surface area contributed by atoms with Crippen molar-refractivity contribution in [1.82, 2.24) is 0 Å². The monoisotopic (exact) mass is 198 g/mol. The average Bonchev–Trinajstić information content (AvgIpc) is 2.12. The summed E-state index contributed by atoms with van der Waals surface area (Å²) in [5.74, 6) is 1.51. The minimum absolute atomic E-state index is 0.545. The highest BCUT2D eigenvalue weighted by Crippen LogP contribution is 2.29. The molecule has 1 nitrogen and oxygen atoms in total. The van der Waals surface area contributed by atoms with Gasteiger partial charge < -0.3 is 4.74 Å². The number of hydrogen-bond donors (Lipinski definition) is 0. The van der Waals surface area contributed by atoms with E-state index in [1.165, 1.54) is 11.1 Å². The zero-order valence-electron chi connectivity index (χ0n) is 8.57. The van der Waals surface area contributed by atoms with Crippen LogP contribution in [0.2, 0.25) is 0 Å². The Morgan fingerprint density at radius 2 is 1.85 bits per heavy atom. The van der Waals surface area contributed by atoms with Gasteiger partial charge in [-0.3, -0.25) is 0 Å². The van der Waals surface area contributed by atoms with E-state index in [-0.39, 0.29) is 0 Å². The fourth-order valence-corrected chi connectivity index (χ4v) is 1.81. The number of methoxy groups -OCH3 is 1. The molecular weight excluding hydrogens is 184 g/mol. The molecule has 0 saturated heterocycles. The van der Waals surface area contributed by atoms with Gasteiger partial charge in [0.05, 0.1) is 7.11 Å². The largest absolute Gasteiger partial charge is 0.496 e. The lowest BCUT2D eigenvalue weighted by molar-refractivity contribution is 0.407. The molecule has 0 radical (unpaired) electrons. The lowest BCUT2D eigenvalue weighted by atomic mass is 10.0. The van der Waals surface area contributed by atoms with E-state index in [1.54, 1.807) is 7.11 Å². The van der Waals surface area contributed by atoms with Crippen LogP contribution in [0.25, 0.3) is 0 Å². The first-order chi connectivity index (χ1) is 6.11. The molecule has 0 aliphatic rings. The summed E-state index contributed by atoms with van der Waals surface area (Å²) in [5.41, 5.74) is 4.74. The van der Waals surface area contributed by atoms with E-state index in [0.717, 1.165) is 16.9 Å². The van der Waals surface area contributed by atoms with Gasteiger partial charge in [-0.15, -0.1) is 11.6 Å². The van der Waals surface area contributed by atoms with Gasteiger partial charge in [0.2, 0.25) is 0 Å². The van der Waals surface area contributed by atoms with Gasteiger partial charge in [-0.2, -0.15) is 0 Å². The van der Waals surface area contributed by atoms with E-state index in [0.29, 0.717) is 5.88 Å². The fraction of sp³-hybridized carbons (Fsp3) is 0.455. The van der Waals surface area contributed by atoms with Crippen LogP contribution in [-0.2, 0) is 5.88 Å². The molecule has 0 unspecified atom stereocenters. The maximum absolute atomic E-state index is 5.83. The molecule has 0 aliphatic heterocycles. The molecule has 0 aromatic heterocycles. The standard InChI is InChI=1S/C11H15ClO/c1-7-5-10(6-12)9(3)11(13-4)8(7)2/h5H,6H2,1-4H3. The molecule has 1 aromatic carbocycles. The molecule has 0 amide bonds. The van der Waals surface area contributed by atoms with E-state index in [2.05, 4.69) is 19.9 Å². The van der Waals surface area contributed by atoms with Crippen LogP contribution in [0, 0.1) is 20.8 Å². The van der Waals surface area contributed by atoms with E-state index in [1.807, 2.05) is 6.92 Å². The van der Waals surface area contributed by atoms with Crippen LogP contribution in [-0.4, -0.2) is 7.11 Å². The lowest BCUT2D eigenvalue weighted by Crippen LogP contribution is -1.97. The second-order valence-electron chi connectivity index (χ2n) is 3.27. The molecule has 2 heteroatoms. The maximum atomic E-state index is 5.83. The smallest absolute Gasteiger partial charge is 0.125 e. The van der Waals surface area contributed by atoms with Crippen molar-refractivity contribution in [2.75, 3.05) is 7.11 Å². The Morgan fingerprint density at radius 1 is 1.23 bits per heavy atom. The molecular formula is C11H15ClO. The third-order valence-electron chi connectivity index (χ3n) is 2.49. The number of halogens is 1. The topological polar surface area (TPSA) is 9.23 Å². The molecule has 0 fully saturated rings. The zero-order valence-corrected chi connectivity index (χ0v) is 9.33. The summed E-state index contributed by atoms with van der Waals surface area (Å²) in [7, 11) is 1.70. The molecule has 0 atom stereocenters. The first kappa shape index (κ1) is 10.4. The molecule has 1 rings (SSSR count). The molecule has 0 aliphatic carbocycles. The molecule has 1 aromatic rings. The molecule has 0 N–H and O–H groups in total. The number of hydrogen-bond acceptors (Lipinski definition) is 1. The van der Waals surface area contributed by atoms with Gasteiger partial charge in [-0.25, -0.2) is 0 Å². The zero-order chi connectivity index (χ0) is 10.0. The van der Waals surface area contributed by atoms with Crippen LogP contribution in [0.3, 0.4) is 0 Å². The predicted molar refractivity (Wildman–Crippen MR) is 56.8 cm³/mol. The Morgan fingerprint density at radius 3 is 2.31 bits per heavy atom. The molecule has 0 spiro atoms. The maximum Gasteiger partial charge on any atom is 0.125 e. The highest BCUT2D eigenvalue weighted by atomic mass is 35.5. The third kappa shape index (κ3) is 1.80. The summed E-state index contributed by atoms with van der Waals surface area (Å²) in [4.78, 5) is 0. The van der Waals surface area contributed by atoms with Gasteiger partial charge in [0.15, 0.2) is 0 Å². The van der Waals surface area contributed by atoms with E-state index >= 15 is 0 Å². The van der Waals surface area contributed by atoms with Crippen molar-refractivity contribution in [3.8, 4) is 5.75 Å². The normalized spacial score (nSPS) is 10.2. The van der Waals surface area contributed by atoms with Crippen LogP contribution in [0.5, 0.6) is 5.75 Å². The van der Waals surface area contributed by atoms with Crippen LogP contribution in [0.1, 0.15) is 22.3 Å². The second kappa shape index (κ2) is 4.01. The number of ether oxygens (including phenoxy) is 1. The van der Waals surface area contributed by atoms with Crippen molar-refractivity contribution in [1.29, 1.82) is 0 Å². The summed E-state index contributed by atoms with van der Waals surface area (Å²) in [6.07, 6.45) is 0. The van der Waals surface area contributed by atoms with Crippen LogP contribution < -0.4 is 4.74 Å². The van der Waals surface area contributed by atoms with Crippen LogP contribution in [0.15, 0.2) is 6.07 Å². The highest BCUT2D eigenvalue weighted by molar-refractivity contribution is 6.17. The summed E-state index contributed by atoms with van der Waals surface area (Å²) in [6.45, 7) is 6.19. The van der Waals surface area contributed by atoms with Gasteiger partial charge >= 0.3 is 0 Å². The molecule has 0 saturated carbocycles. The van der Waals surface area contributed by atoms with Gasteiger partial charge in [-0.1, -0.05) is 6.07 Å². The Labute approximate surface area is 84.7 Å². The van der Waals surface area contributed by atoms with Crippen molar-refractivity contribution < 1.29 is 4.74 Å². The van der Waals surface area contributed by atoms with Gasteiger partial charge in [0, 0.05) is 5.88 Å². The Hall–Kier alpha value is -0.690. The summed E-state index contributed by atoms with van der Waals surface area (Å²) < 4.78 is 5.34. The number of benzene rings is 1. The Kier molecular flexibility index (Phi) is 3.21. The van der Waals surface area contributed by atoms with Crippen LogP contribution >= 0.6 is 11.6 Å². The second-order valence-corrected chi connectivity index (χ2v) is 3.54. The highest BCUT2D eigenvalue weighted by Gasteiger charge is 2.09. The van der Waals surface area contributed by atoms with Crippen molar-refractivity contribution in [2.24, 2.45) is 0 Å². The number of aryl methyl sites for hydroxylation is 1. The minimum Gasteiger partial charge on any atom is -0.496 e. The SMILES string of the molecule is COc1c(C)c(C)cc(CCl)c1C. The summed E-state index contributed by atoms with van der Waals surface area (Å²) in [6, 6.07) is 2.13. The lowest BCUT2D eigenvalue weighted by Gasteiger charge is -2.14. The van der Waals surface area contributed by atoms with E-state index in [9.17, 15) is 0 Å². The van der Waals surface area contributed by atoms with Gasteiger partial charge in [-0.05, 0) is 43.0 Å². The van der Waals surface area contributed by atoms with Gasteiger partial charge in [0.25, 0.3) is 0 Å². The van der Waals surface area contributed by atoms with Crippen molar-refractivity contribution in [3.05, 3.63) is 28.3 Å². The van der Waals surface area contributed by atoms with Crippen molar-refractivity contribution >= 4 is 11.6 Å². The quantitative estimate of drug-likeness (QED) is 0.663. The van der Waals surface area contributed by atoms with Crippen LogP contribution in [0.4, 0.5) is 0 Å². The van der Waals surface area contributed by atoms with E-state index < -0.39 is 0 Å². The minimum atomic E-state index is 0.545. The predicted octanol–water partition coefficient (Wildman–Crippen LogP) is 3.36. The molecule has 0 heterocycles. The fourth-order valence-electron chi connectivity index (χ4n) is 1.53. The first-order valence-electron chi connectivity index (χ1n) is 4.31. The van der Waals surface area contributed by atoms with Crippen molar-refractivity contribution in [3.63, 3.8) is 0 Å². The average molecular weight is 199 g/mol. The van der Waals surface area contributed by atoms with Gasteiger partial charge in [0.1, 0.15) is 5.75 Å². The van der Waals surface area contributed by atoms with E-state index in [4.69, 9.17) is 16.3 Å². The van der Waals surface area contributed by atoms with Crippen molar-refractivity contribution in [2.45, 2.75) is 26.7 Å². The molecule has 0 bridgehead atoms.